The van der Waals surface area contributed by atoms with Gasteiger partial charge in [0.15, 0.2) is 17.4 Å². The number of benzene rings is 1. The highest BCUT2D eigenvalue weighted by Gasteiger charge is 2.44. The van der Waals surface area contributed by atoms with Crippen LogP contribution in [-0.2, 0) is 9.59 Å². The number of ketones is 1. The Kier molecular flexibility index (Phi) is 4.46. The van der Waals surface area contributed by atoms with Crippen LogP contribution in [0.2, 0.25) is 0 Å². The van der Waals surface area contributed by atoms with Gasteiger partial charge in [0.2, 0.25) is 5.91 Å². The van der Waals surface area contributed by atoms with Crippen LogP contribution < -0.4 is 10.6 Å². The molecule has 1 aliphatic heterocycles. The van der Waals surface area contributed by atoms with Crippen molar-refractivity contribution in [2.24, 2.45) is 5.41 Å². The van der Waals surface area contributed by atoms with Gasteiger partial charge < -0.3 is 10.6 Å². The van der Waals surface area contributed by atoms with E-state index in [1.165, 1.54) is 13.1 Å². The number of halogens is 2. The standard InChI is InChI=1S/C20H22F2N2O2/c1-10-15(19(26)23-4)16(11-5-6-12(21)13(22)9-11)17-14(24-10)7-8-20(2,3)18(17)25/h5-6,9,16,24H,7-8H2,1-4H3,(H,23,26). The van der Waals surface area contributed by atoms with Crippen molar-refractivity contribution in [1.82, 2.24) is 10.6 Å². The minimum absolute atomic E-state index is 0.0742. The largest absolute Gasteiger partial charge is 0.362 e. The molecule has 3 rings (SSSR count). The van der Waals surface area contributed by atoms with Crippen molar-refractivity contribution in [1.29, 1.82) is 0 Å². The van der Waals surface area contributed by atoms with Crippen molar-refractivity contribution in [2.45, 2.75) is 39.5 Å². The maximum absolute atomic E-state index is 13.9. The highest BCUT2D eigenvalue weighted by molar-refractivity contribution is 6.07. The number of allylic oxidation sites excluding steroid dienone is 3. The van der Waals surface area contributed by atoms with Gasteiger partial charge >= 0.3 is 0 Å². The monoisotopic (exact) mass is 360 g/mol. The van der Waals surface area contributed by atoms with Crippen LogP contribution in [0.3, 0.4) is 0 Å². The molecule has 2 aliphatic rings. The quantitative estimate of drug-likeness (QED) is 0.851. The van der Waals surface area contributed by atoms with Crippen molar-refractivity contribution in [2.75, 3.05) is 7.05 Å². The zero-order valence-corrected chi connectivity index (χ0v) is 15.3. The number of amides is 1. The molecule has 0 aromatic heterocycles. The third kappa shape index (κ3) is 2.83. The summed E-state index contributed by atoms with van der Waals surface area (Å²) >= 11 is 0. The molecule has 2 N–H and O–H groups in total. The van der Waals surface area contributed by atoms with Gasteiger partial charge in [0.1, 0.15) is 0 Å². The first kappa shape index (κ1) is 18.3. The van der Waals surface area contributed by atoms with E-state index >= 15 is 0 Å². The first-order chi connectivity index (χ1) is 12.2. The van der Waals surface area contributed by atoms with E-state index in [0.29, 0.717) is 35.2 Å². The van der Waals surface area contributed by atoms with Crippen LogP contribution in [0.4, 0.5) is 8.78 Å². The van der Waals surface area contributed by atoms with Crippen molar-refractivity contribution in [3.05, 3.63) is 57.9 Å². The van der Waals surface area contributed by atoms with Crippen LogP contribution in [0.25, 0.3) is 0 Å². The average molecular weight is 360 g/mol. The lowest BCUT2D eigenvalue weighted by molar-refractivity contribution is -0.124. The van der Waals surface area contributed by atoms with Crippen LogP contribution in [0.5, 0.6) is 0 Å². The number of carbonyl (C=O) groups excluding carboxylic acids is 2. The fourth-order valence-corrected chi connectivity index (χ4v) is 3.74. The number of carbonyl (C=O) groups is 2. The fraction of sp³-hybridized carbons (Fsp3) is 0.400. The molecule has 138 valence electrons. The SMILES string of the molecule is CNC(=O)C1=C(C)NC2=C(C(=O)C(C)(C)CC2)C1c1ccc(F)c(F)c1. The first-order valence-electron chi connectivity index (χ1n) is 8.60. The Hall–Kier alpha value is -2.50. The summed E-state index contributed by atoms with van der Waals surface area (Å²) in [4.78, 5) is 25.7. The molecule has 6 heteroatoms. The van der Waals surface area contributed by atoms with E-state index in [0.717, 1.165) is 17.8 Å². The van der Waals surface area contributed by atoms with Crippen LogP contribution in [-0.4, -0.2) is 18.7 Å². The molecular formula is C20H22F2N2O2. The van der Waals surface area contributed by atoms with E-state index in [9.17, 15) is 18.4 Å². The third-order valence-electron chi connectivity index (χ3n) is 5.25. The molecule has 1 aromatic rings. The second-order valence-corrected chi connectivity index (χ2v) is 7.45. The summed E-state index contributed by atoms with van der Waals surface area (Å²) in [5.41, 5.74) is 2.01. The van der Waals surface area contributed by atoms with Crippen molar-refractivity contribution < 1.29 is 18.4 Å². The predicted molar refractivity (Wildman–Crippen MR) is 94.0 cm³/mol. The highest BCUT2D eigenvalue weighted by Crippen LogP contribution is 2.46. The lowest BCUT2D eigenvalue weighted by Crippen LogP contribution is -2.41. The maximum Gasteiger partial charge on any atom is 0.249 e. The smallest absolute Gasteiger partial charge is 0.249 e. The fourth-order valence-electron chi connectivity index (χ4n) is 3.74. The van der Waals surface area contributed by atoms with E-state index in [4.69, 9.17) is 0 Å². The summed E-state index contributed by atoms with van der Waals surface area (Å²) in [5.74, 6) is -3.12. The molecule has 0 spiro atoms. The average Bonchev–Trinajstić information content (AvgIpc) is 2.59. The lowest BCUT2D eigenvalue weighted by Gasteiger charge is -2.39. The van der Waals surface area contributed by atoms with E-state index in [1.807, 2.05) is 13.8 Å². The van der Waals surface area contributed by atoms with Gasteiger partial charge in [-0.15, -0.1) is 0 Å². The zero-order valence-electron chi connectivity index (χ0n) is 15.3. The van der Waals surface area contributed by atoms with Crippen LogP contribution in [0.15, 0.2) is 40.7 Å². The molecule has 1 amide bonds. The van der Waals surface area contributed by atoms with E-state index in [-0.39, 0.29) is 11.7 Å². The molecule has 4 nitrogen and oxygen atoms in total. The van der Waals surface area contributed by atoms with E-state index in [2.05, 4.69) is 10.6 Å². The summed E-state index contributed by atoms with van der Waals surface area (Å²) in [6, 6.07) is 3.54. The van der Waals surface area contributed by atoms with Gasteiger partial charge in [0.25, 0.3) is 0 Å². The van der Waals surface area contributed by atoms with Gasteiger partial charge in [0.05, 0.1) is 0 Å². The minimum atomic E-state index is -1.00. The summed E-state index contributed by atoms with van der Waals surface area (Å²) in [6.07, 6.45) is 1.34. The molecule has 0 fully saturated rings. The number of dihydropyridines is 1. The van der Waals surface area contributed by atoms with Crippen LogP contribution >= 0.6 is 0 Å². The number of nitrogens with one attached hydrogen (secondary N) is 2. The van der Waals surface area contributed by atoms with Crippen molar-refractivity contribution in [3.63, 3.8) is 0 Å². The number of Topliss-reactive ketones (excluding diaryl/α,β-unsaturated/α-hetero) is 1. The molecule has 0 saturated heterocycles. The Morgan fingerprint density at radius 1 is 1.27 bits per heavy atom. The third-order valence-corrected chi connectivity index (χ3v) is 5.25. The van der Waals surface area contributed by atoms with Crippen molar-refractivity contribution >= 4 is 11.7 Å². The molecule has 1 aromatic carbocycles. The molecule has 1 unspecified atom stereocenters. The first-order valence-corrected chi connectivity index (χ1v) is 8.60. The Morgan fingerprint density at radius 2 is 1.96 bits per heavy atom. The summed E-state index contributed by atoms with van der Waals surface area (Å²) in [5, 5.41) is 5.77. The van der Waals surface area contributed by atoms with Gasteiger partial charge in [-0.05, 0) is 37.5 Å². The predicted octanol–water partition coefficient (Wildman–Crippen LogP) is 3.31. The summed E-state index contributed by atoms with van der Waals surface area (Å²) in [6.45, 7) is 5.49. The van der Waals surface area contributed by atoms with E-state index in [1.54, 1.807) is 6.92 Å². The molecule has 1 atom stereocenters. The second kappa shape index (κ2) is 6.34. The Labute approximate surface area is 151 Å². The Morgan fingerprint density at radius 3 is 2.58 bits per heavy atom. The van der Waals surface area contributed by atoms with Gasteiger partial charge in [-0.2, -0.15) is 0 Å². The minimum Gasteiger partial charge on any atom is -0.362 e. The maximum atomic E-state index is 13.9. The van der Waals surface area contributed by atoms with Gasteiger partial charge in [-0.3, -0.25) is 9.59 Å². The molecule has 26 heavy (non-hydrogen) atoms. The lowest BCUT2D eigenvalue weighted by atomic mass is 9.67. The number of rotatable bonds is 2. The Balaban J connectivity index is 2.24. The number of hydrogen-bond donors (Lipinski definition) is 2. The van der Waals surface area contributed by atoms with Crippen LogP contribution in [0.1, 0.15) is 45.1 Å². The summed E-state index contributed by atoms with van der Waals surface area (Å²) < 4.78 is 27.3. The highest BCUT2D eigenvalue weighted by atomic mass is 19.2. The molecular weight excluding hydrogens is 338 g/mol. The molecule has 0 bridgehead atoms. The Bertz CT molecular complexity index is 869. The normalized spacial score (nSPS) is 22.1. The number of likely N-dealkylation sites (N-methyl/N-ethyl adjacent to an activating group) is 1. The van der Waals surface area contributed by atoms with Crippen LogP contribution in [0, 0.1) is 17.0 Å². The van der Waals surface area contributed by atoms with Gasteiger partial charge in [0, 0.05) is 40.9 Å². The van der Waals surface area contributed by atoms with Gasteiger partial charge in [-0.25, -0.2) is 8.78 Å². The topological polar surface area (TPSA) is 58.2 Å². The molecule has 0 radical (unpaired) electrons. The zero-order chi connectivity index (χ0) is 19.2. The summed E-state index contributed by atoms with van der Waals surface area (Å²) in [7, 11) is 1.50. The van der Waals surface area contributed by atoms with E-state index < -0.39 is 23.0 Å². The van der Waals surface area contributed by atoms with Crippen molar-refractivity contribution in [3.8, 4) is 0 Å². The molecule has 0 saturated carbocycles. The molecule has 1 heterocycles. The number of hydrogen-bond acceptors (Lipinski definition) is 3. The molecule has 1 aliphatic carbocycles. The van der Waals surface area contributed by atoms with Gasteiger partial charge in [-0.1, -0.05) is 19.9 Å². The second-order valence-electron chi connectivity index (χ2n) is 7.45.